The third-order valence-corrected chi connectivity index (χ3v) is 5.27. The molecule has 0 atom stereocenters. The molecule has 1 saturated heterocycles. The van der Waals surface area contributed by atoms with Crippen molar-refractivity contribution in [2.45, 2.75) is 46.1 Å². The van der Waals surface area contributed by atoms with Crippen molar-refractivity contribution in [3.05, 3.63) is 51.8 Å². The van der Waals surface area contributed by atoms with E-state index >= 15 is 0 Å². The number of rotatable bonds is 3. The first-order chi connectivity index (χ1) is 11.6. The van der Waals surface area contributed by atoms with Gasteiger partial charge in [-0.3, -0.25) is 9.48 Å². The fraction of sp³-hybridized carbons (Fsp3) is 0.474. The Morgan fingerprint density at radius 3 is 2.25 bits per heavy atom. The molecule has 0 aliphatic carbocycles. The number of likely N-dealkylation sites (tertiary alicyclic amines) is 1. The maximum atomic E-state index is 12.6. The first kappa shape index (κ1) is 17.0. The highest BCUT2D eigenvalue weighted by molar-refractivity contribution is 6.31. The average Bonchev–Trinajstić information content (AvgIpc) is 2.82. The van der Waals surface area contributed by atoms with E-state index in [9.17, 15) is 4.79 Å². The minimum absolute atomic E-state index is 0.151. The number of halogens is 1. The minimum Gasteiger partial charge on any atom is -0.339 e. The average molecular weight is 346 g/mol. The van der Waals surface area contributed by atoms with Crippen LogP contribution in [0.25, 0.3) is 0 Å². The smallest absolute Gasteiger partial charge is 0.253 e. The summed E-state index contributed by atoms with van der Waals surface area (Å²) in [7, 11) is 0. The normalized spacial score (nSPS) is 15.4. The quantitative estimate of drug-likeness (QED) is 0.835. The van der Waals surface area contributed by atoms with Gasteiger partial charge in [-0.1, -0.05) is 36.6 Å². The summed E-state index contributed by atoms with van der Waals surface area (Å²) in [5.74, 6) is 0.151. The van der Waals surface area contributed by atoms with Crippen LogP contribution in [0, 0.1) is 13.8 Å². The van der Waals surface area contributed by atoms with Gasteiger partial charge in [0.05, 0.1) is 23.0 Å². The van der Waals surface area contributed by atoms with Crippen LogP contribution in [0.2, 0.25) is 5.02 Å². The molecule has 1 aliphatic heterocycles. The summed E-state index contributed by atoms with van der Waals surface area (Å²) in [6, 6.07) is 7.87. The number of carbonyl (C=O) groups excluding carboxylic acids is 1. The number of benzene rings is 1. The van der Waals surface area contributed by atoms with E-state index < -0.39 is 0 Å². The second kappa shape index (κ2) is 7.39. The largest absolute Gasteiger partial charge is 0.339 e. The fourth-order valence-electron chi connectivity index (χ4n) is 3.21. The third-order valence-electron chi connectivity index (χ3n) is 4.72. The molecule has 0 N–H and O–H groups in total. The van der Waals surface area contributed by atoms with Crippen molar-refractivity contribution in [2.75, 3.05) is 13.1 Å². The number of hydrogen-bond donors (Lipinski definition) is 0. The number of carbonyl (C=O) groups is 1. The Kier molecular flexibility index (Phi) is 5.24. The van der Waals surface area contributed by atoms with Crippen molar-refractivity contribution in [1.82, 2.24) is 14.7 Å². The molecule has 0 spiro atoms. The summed E-state index contributed by atoms with van der Waals surface area (Å²) in [6.45, 7) is 6.31. The lowest BCUT2D eigenvalue weighted by Crippen LogP contribution is -2.31. The second-order valence-corrected chi connectivity index (χ2v) is 6.92. The van der Waals surface area contributed by atoms with Gasteiger partial charge in [0.15, 0.2) is 0 Å². The van der Waals surface area contributed by atoms with E-state index in [0.717, 1.165) is 53.5 Å². The Morgan fingerprint density at radius 1 is 1.08 bits per heavy atom. The van der Waals surface area contributed by atoms with Crippen LogP contribution >= 0.6 is 11.6 Å². The van der Waals surface area contributed by atoms with E-state index in [4.69, 9.17) is 11.6 Å². The predicted molar refractivity (Wildman–Crippen MR) is 96.6 cm³/mol. The molecule has 0 saturated carbocycles. The summed E-state index contributed by atoms with van der Waals surface area (Å²) in [5.41, 5.74) is 3.71. The molecule has 4 nitrogen and oxygen atoms in total. The zero-order valence-electron chi connectivity index (χ0n) is 14.4. The van der Waals surface area contributed by atoms with Crippen LogP contribution in [-0.4, -0.2) is 33.7 Å². The monoisotopic (exact) mass is 345 g/mol. The van der Waals surface area contributed by atoms with Crippen LogP contribution in [0.5, 0.6) is 0 Å². The Morgan fingerprint density at radius 2 is 1.71 bits per heavy atom. The first-order valence-corrected chi connectivity index (χ1v) is 9.02. The number of aryl methyl sites for hydroxylation is 1. The molecule has 1 fully saturated rings. The maximum Gasteiger partial charge on any atom is 0.253 e. The molecule has 1 aliphatic rings. The Bertz CT molecular complexity index is 713. The maximum absolute atomic E-state index is 12.6. The van der Waals surface area contributed by atoms with Gasteiger partial charge in [0, 0.05) is 18.7 Å². The summed E-state index contributed by atoms with van der Waals surface area (Å²) in [4.78, 5) is 14.6. The second-order valence-electron chi connectivity index (χ2n) is 6.55. The lowest BCUT2D eigenvalue weighted by atomic mass is 10.1. The van der Waals surface area contributed by atoms with Gasteiger partial charge in [-0.25, -0.2) is 0 Å². The van der Waals surface area contributed by atoms with Crippen LogP contribution in [0.15, 0.2) is 24.3 Å². The first-order valence-electron chi connectivity index (χ1n) is 8.64. The molecule has 0 bridgehead atoms. The summed E-state index contributed by atoms with van der Waals surface area (Å²) >= 11 is 6.20. The molecule has 128 valence electrons. The third kappa shape index (κ3) is 3.64. The van der Waals surface area contributed by atoms with Crippen LogP contribution in [0.1, 0.15) is 53.0 Å². The van der Waals surface area contributed by atoms with Crippen molar-refractivity contribution in [3.8, 4) is 0 Å². The van der Waals surface area contributed by atoms with Crippen molar-refractivity contribution in [3.63, 3.8) is 0 Å². The Hall–Kier alpha value is -1.81. The molecule has 1 amide bonds. The molecule has 1 aromatic carbocycles. The number of nitrogens with zero attached hydrogens (tertiary/aromatic N) is 3. The van der Waals surface area contributed by atoms with Crippen LogP contribution < -0.4 is 0 Å². The standard InChI is InChI=1S/C19H24ClN3O/c1-14-18(20)15(2)23(21-14)13-16-7-9-17(10-8-16)19(24)22-11-5-3-4-6-12-22/h7-10H,3-6,11-13H2,1-2H3. The molecular formula is C19H24ClN3O. The van der Waals surface area contributed by atoms with Crippen molar-refractivity contribution >= 4 is 17.5 Å². The molecule has 0 unspecified atom stereocenters. The van der Waals surface area contributed by atoms with Gasteiger partial charge in [-0.05, 0) is 44.4 Å². The molecular weight excluding hydrogens is 322 g/mol. The lowest BCUT2D eigenvalue weighted by molar-refractivity contribution is 0.0761. The Balaban J connectivity index is 1.70. The van der Waals surface area contributed by atoms with E-state index in [-0.39, 0.29) is 5.91 Å². The van der Waals surface area contributed by atoms with Crippen LogP contribution in [0.3, 0.4) is 0 Å². The van der Waals surface area contributed by atoms with Gasteiger partial charge in [0.2, 0.25) is 0 Å². The topological polar surface area (TPSA) is 38.1 Å². The highest BCUT2D eigenvalue weighted by Gasteiger charge is 2.17. The van der Waals surface area contributed by atoms with Gasteiger partial charge < -0.3 is 4.90 Å². The zero-order valence-corrected chi connectivity index (χ0v) is 15.1. The van der Waals surface area contributed by atoms with Crippen molar-refractivity contribution in [2.24, 2.45) is 0 Å². The summed E-state index contributed by atoms with van der Waals surface area (Å²) in [5, 5.41) is 5.18. The van der Waals surface area contributed by atoms with E-state index in [1.807, 2.05) is 47.7 Å². The minimum atomic E-state index is 0.151. The van der Waals surface area contributed by atoms with Gasteiger partial charge in [0.1, 0.15) is 0 Å². The van der Waals surface area contributed by atoms with Crippen molar-refractivity contribution < 1.29 is 4.79 Å². The highest BCUT2D eigenvalue weighted by Crippen LogP contribution is 2.20. The van der Waals surface area contributed by atoms with Gasteiger partial charge in [-0.15, -0.1) is 0 Å². The van der Waals surface area contributed by atoms with E-state index in [1.54, 1.807) is 0 Å². The van der Waals surface area contributed by atoms with Crippen molar-refractivity contribution in [1.29, 1.82) is 0 Å². The van der Waals surface area contributed by atoms with Gasteiger partial charge >= 0.3 is 0 Å². The number of aromatic nitrogens is 2. The molecule has 2 heterocycles. The molecule has 2 aromatic rings. The highest BCUT2D eigenvalue weighted by atomic mass is 35.5. The molecule has 0 radical (unpaired) electrons. The van der Waals surface area contributed by atoms with Gasteiger partial charge in [0.25, 0.3) is 5.91 Å². The molecule has 3 rings (SSSR count). The van der Waals surface area contributed by atoms with E-state index in [1.165, 1.54) is 12.8 Å². The number of hydrogen-bond acceptors (Lipinski definition) is 2. The Labute approximate surface area is 148 Å². The summed E-state index contributed by atoms with van der Waals surface area (Å²) < 4.78 is 1.91. The number of amides is 1. The van der Waals surface area contributed by atoms with Crippen LogP contribution in [0.4, 0.5) is 0 Å². The fourth-order valence-corrected chi connectivity index (χ4v) is 3.35. The SMILES string of the molecule is Cc1nn(Cc2ccc(C(=O)N3CCCCCC3)cc2)c(C)c1Cl. The van der Waals surface area contributed by atoms with E-state index in [0.29, 0.717) is 6.54 Å². The predicted octanol–water partition coefficient (Wildman–Crippen LogP) is 4.22. The van der Waals surface area contributed by atoms with Crippen LogP contribution in [-0.2, 0) is 6.54 Å². The van der Waals surface area contributed by atoms with E-state index in [2.05, 4.69) is 5.10 Å². The van der Waals surface area contributed by atoms with Gasteiger partial charge in [-0.2, -0.15) is 5.10 Å². The lowest BCUT2D eigenvalue weighted by Gasteiger charge is -2.20. The molecule has 24 heavy (non-hydrogen) atoms. The molecule has 5 heteroatoms. The molecule has 1 aromatic heterocycles. The summed E-state index contributed by atoms with van der Waals surface area (Å²) in [6.07, 6.45) is 4.69. The zero-order chi connectivity index (χ0) is 17.1.